The van der Waals surface area contributed by atoms with Crippen molar-refractivity contribution >= 4 is 35.8 Å². The Bertz CT molecular complexity index is 854. The van der Waals surface area contributed by atoms with E-state index in [9.17, 15) is 4.79 Å². The first-order valence-corrected chi connectivity index (χ1v) is 10.8. The summed E-state index contributed by atoms with van der Waals surface area (Å²) < 4.78 is 2.20. The first kappa shape index (κ1) is 25.2. The van der Waals surface area contributed by atoms with Crippen LogP contribution in [0, 0.1) is 5.92 Å². The number of hydrogen-bond acceptors (Lipinski definition) is 3. The van der Waals surface area contributed by atoms with Crippen molar-refractivity contribution in [2.24, 2.45) is 10.9 Å². The Balaban J connectivity index is 0.00000341. The second-order valence-electron chi connectivity index (χ2n) is 8.17. The summed E-state index contributed by atoms with van der Waals surface area (Å²) >= 11 is 0. The first-order chi connectivity index (χ1) is 14.5. The van der Waals surface area contributed by atoms with Crippen LogP contribution in [0.25, 0.3) is 0 Å². The molecule has 1 aromatic carbocycles. The highest BCUT2D eigenvalue weighted by molar-refractivity contribution is 14.0. The number of aliphatic imine (C=N–C) groups is 1. The molecule has 0 saturated carbocycles. The zero-order valence-electron chi connectivity index (χ0n) is 18.9. The molecule has 1 saturated heterocycles. The molecule has 1 aliphatic heterocycles. The Kier molecular flexibility index (Phi) is 9.80. The van der Waals surface area contributed by atoms with E-state index in [4.69, 9.17) is 0 Å². The van der Waals surface area contributed by atoms with Crippen molar-refractivity contribution in [2.75, 3.05) is 20.1 Å². The highest BCUT2D eigenvalue weighted by Gasteiger charge is 2.28. The number of carbonyl (C=O) groups excluding carboxylic acids is 1. The van der Waals surface area contributed by atoms with Crippen LogP contribution in [-0.4, -0.2) is 52.5 Å². The number of nitrogens with zero attached hydrogens (tertiary/aromatic N) is 4. The monoisotopic (exact) mass is 538 g/mol. The number of likely N-dealkylation sites (tertiary alicyclic amines) is 1. The van der Waals surface area contributed by atoms with Gasteiger partial charge in [0.25, 0.3) is 5.91 Å². The molecular formula is C23H35IN6O. The van der Waals surface area contributed by atoms with E-state index in [0.29, 0.717) is 24.1 Å². The van der Waals surface area contributed by atoms with Crippen LogP contribution in [0.4, 0.5) is 0 Å². The molecule has 3 atom stereocenters. The number of amides is 1. The summed E-state index contributed by atoms with van der Waals surface area (Å²) in [5.74, 6) is 1.46. The average Bonchev–Trinajstić information content (AvgIpc) is 3.30. The van der Waals surface area contributed by atoms with Gasteiger partial charge in [-0.25, -0.2) is 4.98 Å². The third-order valence-corrected chi connectivity index (χ3v) is 5.97. The van der Waals surface area contributed by atoms with Gasteiger partial charge in [0.2, 0.25) is 0 Å². The average molecular weight is 538 g/mol. The summed E-state index contributed by atoms with van der Waals surface area (Å²) in [6, 6.07) is 8.33. The first-order valence-electron chi connectivity index (χ1n) is 10.8. The van der Waals surface area contributed by atoms with E-state index in [1.54, 1.807) is 0 Å². The maximum absolute atomic E-state index is 12.4. The normalized spacial score (nSPS) is 20.0. The summed E-state index contributed by atoms with van der Waals surface area (Å²) in [7, 11) is 1.82. The minimum atomic E-state index is -0.0243. The zero-order chi connectivity index (χ0) is 21.5. The Morgan fingerprint density at radius 3 is 2.87 bits per heavy atom. The molecule has 1 fully saturated rings. The molecule has 0 spiro atoms. The number of piperidine rings is 1. The van der Waals surface area contributed by atoms with Gasteiger partial charge in [-0.3, -0.25) is 9.79 Å². The minimum Gasteiger partial charge on any atom is -0.352 e. The molecule has 170 valence electrons. The van der Waals surface area contributed by atoms with Gasteiger partial charge in [0.1, 0.15) is 0 Å². The van der Waals surface area contributed by atoms with Gasteiger partial charge in [0.15, 0.2) is 5.96 Å². The lowest BCUT2D eigenvalue weighted by atomic mass is 9.93. The molecule has 1 amide bonds. The summed E-state index contributed by atoms with van der Waals surface area (Å²) in [6.45, 7) is 8.88. The van der Waals surface area contributed by atoms with Gasteiger partial charge in [0.05, 0.1) is 12.4 Å². The lowest BCUT2D eigenvalue weighted by Gasteiger charge is -2.39. The van der Waals surface area contributed by atoms with Crippen LogP contribution < -0.4 is 10.6 Å². The predicted molar refractivity (Wildman–Crippen MR) is 136 cm³/mol. The van der Waals surface area contributed by atoms with Crippen molar-refractivity contribution in [1.82, 2.24) is 25.1 Å². The number of guanidine groups is 1. The van der Waals surface area contributed by atoms with Crippen molar-refractivity contribution < 1.29 is 4.79 Å². The number of halogens is 1. The number of imidazole rings is 1. The fraction of sp³-hybridized carbons (Fsp3) is 0.522. The summed E-state index contributed by atoms with van der Waals surface area (Å²) in [6.07, 6.45) is 7.80. The van der Waals surface area contributed by atoms with Crippen molar-refractivity contribution in [3.05, 3.63) is 54.1 Å². The molecule has 8 heteroatoms. The van der Waals surface area contributed by atoms with E-state index in [1.807, 2.05) is 57.0 Å². The number of nitrogens with one attached hydrogen (secondary N) is 2. The fourth-order valence-corrected chi connectivity index (χ4v) is 3.84. The van der Waals surface area contributed by atoms with Crippen LogP contribution in [0.15, 0.2) is 48.0 Å². The topological polar surface area (TPSA) is 74.6 Å². The van der Waals surface area contributed by atoms with Crippen molar-refractivity contribution in [2.45, 2.75) is 52.2 Å². The molecule has 1 aliphatic rings. The molecular weight excluding hydrogens is 503 g/mol. The maximum atomic E-state index is 12.4. The minimum absolute atomic E-state index is 0. The third-order valence-electron chi connectivity index (χ3n) is 5.97. The lowest BCUT2D eigenvalue weighted by Crippen LogP contribution is -2.48. The zero-order valence-corrected chi connectivity index (χ0v) is 21.2. The predicted octanol–water partition coefficient (Wildman–Crippen LogP) is 3.69. The van der Waals surface area contributed by atoms with Gasteiger partial charge in [-0.05, 0) is 43.4 Å². The van der Waals surface area contributed by atoms with E-state index < -0.39 is 0 Å². The third kappa shape index (κ3) is 6.69. The van der Waals surface area contributed by atoms with Crippen LogP contribution in [0.1, 0.15) is 55.6 Å². The molecule has 2 heterocycles. The van der Waals surface area contributed by atoms with E-state index in [2.05, 4.69) is 43.9 Å². The molecule has 1 aromatic heterocycles. The molecule has 0 radical (unpaired) electrons. The summed E-state index contributed by atoms with van der Waals surface area (Å²) in [5.41, 5.74) is 1.75. The van der Waals surface area contributed by atoms with Crippen molar-refractivity contribution in [3.63, 3.8) is 0 Å². The molecule has 2 aromatic rings. The van der Waals surface area contributed by atoms with Gasteiger partial charge in [0, 0.05) is 50.7 Å². The smallest absolute Gasteiger partial charge is 0.251 e. The largest absolute Gasteiger partial charge is 0.352 e. The van der Waals surface area contributed by atoms with Crippen LogP contribution in [-0.2, 0) is 6.54 Å². The summed E-state index contributed by atoms with van der Waals surface area (Å²) in [4.78, 5) is 23.4. The highest BCUT2D eigenvalue weighted by atomic mass is 127. The Hall–Kier alpha value is -2.10. The molecule has 31 heavy (non-hydrogen) atoms. The van der Waals surface area contributed by atoms with Crippen molar-refractivity contribution in [1.29, 1.82) is 0 Å². The quantitative estimate of drug-likeness (QED) is 0.335. The fourth-order valence-electron chi connectivity index (χ4n) is 3.84. The van der Waals surface area contributed by atoms with Crippen molar-refractivity contribution in [3.8, 4) is 0 Å². The van der Waals surface area contributed by atoms with Gasteiger partial charge in [-0.2, -0.15) is 0 Å². The van der Waals surface area contributed by atoms with Crippen LogP contribution in [0.2, 0.25) is 0 Å². The molecule has 3 rings (SSSR count). The standard InChI is InChI=1S/C23H34N6O.HI/c1-5-18(3)27-22(30)20-8-6-7-19(13-20)14-26-23(24-4)28-11-9-17(2)21(15-28)29-12-10-25-16-29;/h6-8,10,12-13,16-18,21H,5,9,11,14-15H2,1-4H3,(H,24,26)(H,27,30);1H. The second-order valence-corrected chi connectivity index (χ2v) is 8.17. The number of hydrogen-bond donors (Lipinski definition) is 2. The lowest BCUT2D eigenvalue weighted by molar-refractivity contribution is 0.0939. The molecule has 0 aliphatic carbocycles. The molecule has 3 unspecified atom stereocenters. The Labute approximate surface area is 202 Å². The van der Waals surface area contributed by atoms with Gasteiger partial charge in [-0.15, -0.1) is 24.0 Å². The van der Waals surface area contributed by atoms with E-state index >= 15 is 0 Å². The number of carbonyl (C=O) groups is 1. The SMILES string of the molecule is CCC(C)NC(=O)c1cccc(CNC(=NC)N2CCC(C)C(n3ccnc3)C2)c1.I. The van der Waals surface area contributed by atoms with E-state index in [-0.39, 0.29) is 35.9 Å². The molecule has 0 bridgehead atoms. The maximum Gasteiger partial charge on any atom is 0.251 e. The highest BCUT2D eigenvalue weighted by Crippen LogP contribution is 2.27. The van der Waals surface area contributed by atoms with Gasteiger partial charge in [-0.1, -0.05) is 26.0 Å². The van der Waals surface area contributed by atoms with Crippen LogP contribution >= 0.6 is 24.0 Å². The molecule has 7 nitrogen and oxygen atoms in total. The summed E-state index contributed by atoms with van der Waals surface area (Å²) in [5, 5.41) is 6.50. The number of rotatable bonds is 6. The Morgan fingerprint density at radius 2 is 2.19 bits per heavy atom. The van der Waals surface area contributed by atoms with Gasteiger partial charge >= 0.3 is 0 Å². The number of aromatic nitrogens is 2. The van der Waals surface area contributed by atoms with Crippen LogP contribution in [0.3, 0.4) is 0 Å². The van der Waals surface area contributed by atoms with E-state index in [1.165, 1.54) is 0 Å². The van der Waals surface area contributed by atoms with Crippen LogP contribution in [0.5, 0.6) is 0 Å². The van der Waals surface area contributed by atoms with E-state index in [0.717, 1.165) is 37.5 Å². The molecule has 2 N–H and O–H groups in total. The van der Waals surface area contributed by atoms with Gasteiger partial charge < -0.3 is 20.1 Å². The second kappa shape index (κ2) is 12.1. The Morgan fingerprint density at radius 1 is 1.39 bits per heavy atom. The number of benzene rings is 1.